The second kappa shape index (κ2) is 13.1. The van der Waals surface area contributed by atoms with E-state index in [1.807, 2.05) is 0 Å². The fourth-order valence-corrected chi connectivity index (χ4v) is 4.79. The Hall–Kier alpha value is -3.68. The molecule has 0 radical (unpaired) electrons. The number of benzene rings is 3. The van der Waals surface area contributed by atoms with Crippen LogP contribution < -0.4 is 36.4 Å². The van der Waals surface area contributed by atoms with Crippen LogP contribution in [-0.2, 0) is 11.8 Å². The van der Waals surface area contributed by atoms with E-state index in [-0.39, 0.29) is 11.6 Å². The number of nitrogens with zero attached hydrogens (tertiary/aromatic N) is 2. The van der Waals surface area contributed by atoms with E-state index in [1.165, 1.54) is 29.5 Å². The van der Waals surface area contributed by atoms with Crippen molar-refractivity contribution in [2.45, 2.75) is 0 Å². The van der Waals surface area contributed by atoms with Crippen molar-refractivity contribution < 1.29 is 19.1 Å². The highest BCUT2D eigenvalue weighted by Gasteiger charge is 2.10. The molecular formula is C24H19Cl4N7O4S. The molecule has 5 N–H and O–H groups in total. The summed E-state index contributed by atoms with van der Waals surface area (Å²) in [5.41, 5.74) is 8.56. The molecule has 0 aliphatic carbocycles. The van der Waals surface area contributed by atoms with Gasteiger partial charge in [-0.05, 0) is 54.6 Å². The van der Waals surface area contributed by atoms with Crippen LogP contribution in [0.25, 0.3) is 10.2 Å². The third-order valence-corrected chi connectivity index (χ3v) is 7.65. The first kappa shape index (κ1) is 29.3. The third-order valence-electron chi connectivity index (χ3n) is 5.07. The van der Waals surface area contributed by atoms with Crippen molar-refractivity contribution in [1.82, 2.24) is 20.8 Å². The molecule has 0 saturated carbocycles. The predicted octanol–water partition coefficient (Wildman–Crippen LogP) is 5.72. The lowest BCUT2D eigenvalue weighted by Gasteiger charge is -2.10. The number of hydrogen-bond acceptors (Lipinski definition) is 6. The minimum absolute atomic E-state index is 0.274. The number of amides is 5. The molecule has 0 fully saturated rings. The summed E-state index contributed by atoms with van der Waals surface area (Å²) in [6.07, 6.45) is 0. The molecule has 208 valence electrons. The van der Waals surface area contributed by atoms with Gasteiger partial charge in [0.2, 0.25) is 4.80 Å². The Bertz CT molecular complexity index is 1670. The minimum Gasteiger partial charge on any atom is -0.484 e. The summed E-state index contributed by atoms with van der Waals surface area (Å²) in [7, 11) is 1.79. The molecule has 11 nitrogen and oxygen atoms in total. The number of fused-ring (bicyclic) bond motifs is 1. The summed E-state index contributed by atoms with van der Waals surface area (Å²) in [4.78, 5) is 36.8. The van der Waals surface area contributed by atoms with Gasteiger partial charge in [0.25, 0.3) is 5.91 Å². The van der Waals surface area contributed by atoms with E-state index in [2.05, 4.69) is 32.0 Å². The number of carbonyl (C=O) groups is 3. The topological polar surface area (TPSA) is 138 Å². The lowest BCUT2D eigenvalue weighted by Crippen LogP contribution is -2.45. The largest absolute Gasteiger partial charge is 0.484 e. The molecule has 0 aliphatic rings. The first-order chi connectivity index (χ1) is 19.1. The SMILES string of the molecule is Cn1c(=NNC(=O)Nc2ccc(Cl)c(Cl)c2)sc2cc(OCC(=O)NNC(=O)Nc3ccc(Cl)c(Cl)c3)ccc21. The molecule has 3 aromatic carbocycles. The van der Waals surface area contributed by atoms with Crippen LogP contribution in [0.3, 0.4) is 0 Å². The maximum Gasteiger partial charge on any atom is 0.339 e. The van der Waals surface area contributed by atoms with E-state index < -0.39 is 18.0 Å². The molecule has 0 bridgehead atoms. The van der Waals surface area contributed by atoms with Gasteiger partial charge in [0, 0.05) is 18.4 Å². The van der Waals surface area contributed by atoms with Gasteiger partial charge in [0.05, 0.1) is 30.3 Å². The van der Waals surface area contributed by atoms with Crippen molar-refractivity contribution in [2.75, 3.05) is 17.2 Å². The zero-order chi connectivity index (χ0) is 28.8. The van der Waals surface area contributed by atoms with Crippen LogP contribution in [0.1, 0.15) is 0 Å². The number of ether oxygens (including phenoxy) is 1. The van der Waals surface area contributed by atoms with Gasteiger partial charge < -0.3 is 19.9 Å². The number of urea groups is 2. The van der Waals surface area contributed by atoms with Crippen LogP contribution in [0.5, 0.6) is 5.75 Å². The highest BCUT2D eigenvalue weighted by molar-refractivity contribution is 7.16. The summed E-state index contributed by atoms with van der Waals surface area (Å²) in [5, 5.41) is 10.6. The number of rotatable bonds is 6. The number of thiazole rings is 1. The monoisotopic (exact) mass is 641 g/mol. The number of aryl methyl sites for hydroxylation is 1. The number of anilines is 2. The van der Waals surface area contributed by atoms with E-state index in [0.717, 1.165) is 10.2 Å². The molecule has 1 aromatic heterocycles. The molecule has 4 rings (SSSR count). The van der Waals surface area contributed by atoms with E-state index in [0.29, 0.717) is 37.0 Å². The van der Waals surface area contributed by atoms with Crippen molar-refractivity contribution in [2.24, 2.45) is 12.1 Å². The smallest absolute Gasteiger partial charge is 0.339 e. The Kier molecular flexibility index (Phi) is 9.61. The number of hydrogen-bond donors (Lipinski definition) is 5. The Morgan fingerprint density at radius 2 is 1.45 bits per heavy atom. The van der Waals surface area contributed by atoms with Gasteiger partial charge in [0.1, 0.15) is 5.75 Å². The number of carbonyl (C=O) groups excluding carboxylic acids is 3. The summed E-state index contributed by atoms with van der Waals surface area (Å²) in [6.45, 7) is -0.357. The molecule has 0 aliphatic heterocycles. The maximum absolute atomic E-state index is 12.2. The van der Waals surface area contributed by atoms with Gasteiger partial charge in [-0.2, -0.15) is 0 Å². The molecule has 1 heterocycles. The summed E-state index contributed by atoms with van der Waals surface area (Å²) in [6, 6.07) is 13.2. The number of nitrogens with one attached hydrogen (secondary N) is 5. The Labute approximate surface area is 251 Å². The molecular weight excluding hydrogens is 624 g/mol. The van der Waals surface area contributed by atoms with Crippen LogP contribution in [0, 0.1) is 0 Å². The van der Waals surface area contributed by atoms with Gasteiger partial charge in [-0.25, -0.2) is 20.4 Å². The summed E-state index contributed by atoms with van der Waals surface area (Å²) < 4.78 is 8.12. The minimum atomic E-state index is -0.685. The van der Waals surface area contributed by atoms with Crippen LogP contribution >= 0.6 is 57.7 Å². The number of halogens is 4. The molecule has 0 spiro atoms. The lowest BCUT2D eigenvalue weighted by atomic mass is 10.3. The van der Waals surface area contributed by atoms with Crippen molar-refractivity contribution in [3.05, 3.63) is 79.5 Å². The van der Waals surface area contributed by atoms with E-state index in [9.17, 15) is 14.4 Å². The highest BCUT2D eigenvalue weighted by Crippen LogP contribution is 2.26. The third kappa shape index (κ3) is 7.71. The Balaban J connectivity index is 1.30. The van der Waals surface area contributed by atoms with Crippen LogP contribution in [0.4, 0.5) is 21.0 Å². The highest BCUT2D eigenvalue weighted by atomic mass is 35.5. The van der Waals surface area contributed by atoms with Gasteiger partial charge in [0.15, 0.2) is 6.61 Å². The molecule has 4 aromatic rings. The first-order valence-electron chi connectivity index (χ1n) is 11.2. The zero-order valence-corrected chi connectivity index (χ0v) is 24.2. The zero-order valence-electron chi connectivity index (χ0n) is 20.4. The van der Waals surface area contributed by atoms with Gasteiger partial charge in [-0.15, -0.1) is 5.10 Å². The maximum atomic E-state index is 12.2. The molecule has 5 amide bonds. The van der Waals surface area contributed by atoms with Crippen molar-refractivity contribution >= 4 is 97.3 Å². The van der Waals surface area contributed by atoms with Gasteiger partial charge in [-0.3, -0.25) is 10.2 Å². The van der Waals surface area contributed by atoms with Crippen LogP contribution in [0.15, 0.2) is 59.7 Å². The van der Waals surface area contributed by atoms with Crippen molar-refractivity contribution in [3.8, 4) is 5.75 Å². The van der Waals surface area contributed by atoms with Crippen LogP contribution in [-0.4, -0.2) is 29.1 Å². The predicted molar refractivity (Wildman–Crippen MR) is 157 cm³/mol. The Morgan fingerprint density at radius 1 is 0.825 bits per heavy atom. The molecule has 40 heavy (non-hydrogen) atoms. The quantitative estimate of drug-likeness (QED) is 0.172. The fourth-order valence-electron chi connectivity index (χ4n) is 3.19. The standard InChI is InChI=1S/C24H19Cl4N7O4S/c1-35-19-7-4-14(39-11-21(36)31-32-22(37)29-12-2-5-15(25)17(27)8-12)10-20(19)40-24(35)34-33-23(38)30-13-3-6-16(26)18(28)9-13/h2-10H,11H2,1H3,(H,31,36)(H2,29,32,37)(H2,30,33,38). The summed E-state index contributed by atoms with van der Waals surface area (Å²) >= 11 is 24.9. The average molecular weight is 643 g/mol. The lowest BCUT2D eigenvalue weighted by molar-refractivity contribution is -0.123. The van der Waals surface area contributed by atoms with E-state index >= 15 is 0 Å². The first-order valence-corrected chi connectivity index (χ1v) is 13.5. The average Bonchev–Trinajstić information content (AvgIpc) is 3.23. The van der Waals surface area contributed by atoms with E-state index in [1.54, 1.807) is 48.0 Å². The summed E-state index contributed by atoms with van der Waals surface area (Å²) in [5.74, 6) is -0.171. The molecule has 16 heteroatoms. The van der Waals surface area contributed by atoms with Crippen molar-refractivity contribution in [3.63, 3.8) is 0 Å². The molecule has 0 unspecified atom stereocenters. The second-order valence-electron chi connectivity index (χ2n) is 7.92. The second-order valence-corrected chi connectivity index (χ2v) is 10.6. The van der Waals surface area contributed by atoms with E-state index in [4.69, 9.17) is 51.1 Å². The van der Waals surface area contributed by atoms with Crippen LogP contribution in [0.2, 0.25) is 20.1 Å². The number of hydrazine groups is 1. The Morgan fingerprint density at radius 3 is 2.08 bits per heavy atom. The number of aromatic nitrogens is 1. The fraction of sp³-hybridized carbons (Fsp3) is 0.0833. The van der Waals surface area contributed by atoms with Gasteiger partial charge in [-0.1, -0.05) is 57.7 Å². The van der Waals surface area contributed by atoms with Crippen molar-refractivity contribution in [1.29, 1.82) is 0 Å². The molecule has 0 saturated heterocycles. The van der Waals surface area contributed by atoms with Gasteiger partial charge >= 0.3 is 12.1 Å². The molecule has 0 atom stereocenters. The normalized spacial score (nSPS) is 11.2.